The van der Waals surface area contributed by atoms with Gasteiger partial charge in [-0.15, -0.1) is 0 Å². The van der Waals surface area contributed by atoms with Crippen LogP contribution in [0.5, 0.6) is 0 Å². The number of benzene rings is 6. The first-order chi connectivity index (χ1) is 31.5. The molecule has 2 fully saturated rings. The van der Waals surface area contributed by atoms with E-state index >= 15 is 4.79 Å². The highest BCUT2D eigenvalue weighted by Gasteiger charge is 2.44. The fourth-order valence-corrected chi connectivity index (χ4v) is 10.4. The maximum Gasteiger partial charge on any atom is 0.237 e. The van der Waals surface area contributed by atoms with E-state index < -0.39 is 35.4 Å². The quantitative estimate of drug-likeness (QED) is 0.0645. The number of nitrogens with zero attached hydrogens (tertiary/aromatic N) is 2. The van der Waals surface area contributed by atoms with Gasteiger partial charge in [0, 0.05) is 12.6 Å². The fraction of sp³-hybridized carbons (Fsp3) is 0.298. The number of hydrogen-bond acceptors (Lipinski definition) is 5. The number of rotatable bonds is 18. The van der Waals surface area contributed by atoms with Gasteiger partial charge in [0.05, 0.1) is 35.7 Å². The van der Waals surface area contributed by atoms with Gasteiger partial charge in [-0.1, -0.05) is 214 Å². The molecule has 0 radical (unpaired) electrons. The van der Waals surface area contributed by atoms with E-state index in [1.165, 1.54) is 6.42 Å². The predicted octanol–water partition coefficient (Wildman–Crippen LogP) is 9.80. The van der Waals surface area contributed by atoms with E-state index in [2.05, 4.69) is 131 Å². The summed E-state index contributed by atoms with van der Waals surface area (Å²) in [6.45, 7) is 0. The molecule has 4 N–H and O–H groups in total. The van der Waals surface area contributed by atoms with Gasteiger partial charge in [0.1, 0.15) is 11.6 Å². The minimum atomic E-state index is -1.08. The fourth-order valence-electron chi connectivity index (χ4n) is 10.4. The van der Waals surface area contributed by atoms with Gasteiger partial charge in [-0.2, -0.15) is 0 Å². The summed E-state index contributed by atoms with van der Waals surface area (Å²) in [5, 5.41) is 30.7. The Balaban J connectivity index is 1.18. The lowest BCUT2D eigenvalue weighted by Crippen LogP contribution is -2.59. The predicted molar refractivity (Wildman–Crippen MR) is 255 cm³/mol. The molecule has 1 aromatic heterocycles. The Bertz CT molecular complexity index is 2310. The molecule has 64 heavy (non-hydrogen) atoms. The van der Waals surface area contributed by atoms with Gasteiger partial charge in [0.15, 0.2) is 0 Å². The minimum absolute atomic E-state index is 0.0552. The lowest BCUT2D eigenvalue weighted by Gasteiger charge is -2.40. The van der Waals surface area contributed by atoms with Crippen LogP contribution < -0.4 is 10.6 Å². The standard InChI is InChI=1S/C57H60N4O3/c62-53(43-36-37-43)54(63)51(38-42-22-8-1-9-23-42)59-55(64)52(60-56(44-24-10-2-11-25-44,45-26-12-3-13-27-45)46-28-14-4-15-29-46)39-50-40-61(41-58-50)57(47-30-16-5-17-31-47,48-32-18-6-19-33-48)49-34-20-7-21-35-49/h2-7,10-21,24-35,40-43,51-54,60,62-63H,1,8-9,22-23,36-39H2,(H,59,64)/t51-,52-,53-,54+/m0/s1. The van der Waals surface area contributed by atoms with Crippen LogP contribution in [-0.2, 0) is 22.3 Å². The van der Waals surface area contributed by atoms with Gasteiger partial charge < -0.3 is 20.1 Å². The lowest BCUT2D eigenvalue weighted by molar-refractivity contribution is -0.126. The number of nitrogens with one attached hydrogen (secondary N) is 2. The smallest absolute Gasteiger partial charge is 0.237 e. The first kappa shape index (κ1) is 43.1. The zero-order valence-electron chi connectivity index (χ0n) is 36.5. The van der Waals surface area contributed by atoms with Crippen LogP contribution in [0.15, 0.2) is 195 Å². The molecular weight excluding hydrogens is 789 g/mol. The van der Waals surface area contributed by atoms with Crippen molar-refractivity contribution in [2.45, 2.75) is 93.2 Å². The Morgan fingerprint density at radius 1 is 0.594 bits per heavy atom. The molecule has 4 atom stereocenters. The molecule has 9 rings (SSSR count). The molecule has 6 aromatic carbocycles. The Morgan fingerprint density at radius 2 is 1.02 bits per heavy atom. The lowest BCUT2D eigenvalue weighted by atomic mass is 9.76. The third-order valence-corrected chi connectivity index (χ3v) is 13.8. The van der Waals surface area contributed by atoms with Crippen LogP contribution in [0, 0.1) is 11.8 Å². The highest BCUT2D eigenvalue weighted by Crippen LogP contribution is 2.42. The average Bonchev–Trinajstić information content (AvgIpc) is 4.12. The molecule has 7 heteroatoms. The summed E-state index contributed by atoms with van der Waals surface area (Å²) in [5.41, 5.74) is 5.15. The molecule has 1 heterocycles. The summed E-state index contributed by atoms with van der Waals surface area (Å²) in [6, 6.07) is 61.1. The van der Waals surface area contributed by atoms with Crippen molar-refractivity contribution in [3.05, 3.63) is 234 Å². The third kappa shape index (κ3) is 8.98. The summed E-state index contributed by atoms with van der Waals surface area (Å²) in [7, 11) is 0. The van der Waals surface area contributed by atoms with Crippen molar-refractivity contribution in [1.82, 2.24) is 20.2 Å². The second-order valence-corrected chi connectivity index (χ2v) is 18.0. The van der Waals surface area contributed by atoms with Gasteiger partial charge in [-0.05, 0) is 64.5 Å². The highest BCUT2D eigenvalue weighted by molar-refractivity contribution is 5.83. The van der Waals surface area contributed by atoms with Crippen LogP contribution in [-0.4, -0.2) is 50.0 Å². The Hall–Kier alpha value is -6.12. The molecule has 7 aromatic rings. The maximum atomic E-state index is 15.6. The number of aliphatic hydroxyl groups is 2. The second-order valence-electron chi connectivity index (χ2n) is 18.0. The summed E-state index contributed by atoms with van der Waals surface area (Å²) in [6.07, 6.45) is 10.3. The first-order valence-electron chi connectivity index (χ1n) is 23.3. The van der Waals surface area contributed by atoms with Crippen LogP contribution in [0.3, 0.4) is 0 Å². The molecule has 1 amide bonds. The van der Waals surface area contributed by atoms with Crippen molar-refractivity contribution in [2.75, 3.05) is 0 Å². The zero-order chi connectivity index (χ0) is 43.8. The third-order valence-electron chi connectivity index (χ3n) is 13.8. The molecule has 326 valence electrons. The largest absolute Gasteiger partial charge is 0.390 e. The zero-order valence-corrected chi connectivity index (χ0v) is 36.5. The Kier molecular flexibility index (Phi) is 13.3. The van der Waals surface area contributed by atoms with E-state index in [1.807, 2.05) is 79.1 Å². The summed E-state index contributed by atoms with van der Waals surface area (Å²) >= 11 is 0. The summed E-state index contributed by atoms with van der Waals surface area (Å²) in [4.78, 5) is 20.7. The van der Waals surface area contributed by atoms with Gasteiger partial charge in [-0.3, -0.25) is 10.1 Å². The van der Waals surface area contributed by atoms with Gasteiger partial charge in [0.25, 0.3) is 0 Å². The molecule has 0 aliphatic heterocycles. The van der Waals surface area contributed by atoms with Crippen LogP contribution in [0.4, 0.5) is 0 Å². The van der Waals surface area contributed by atoms with Crippen molar-refractivity contribution in [1.29, 1.82) is 0 Å². The molecule has 2 aliphatic carbocycles. The van der Waals surface area contributed by atoms with Gasteiger partial charge >= 0.3 is 0 Å². The molecule has 0 spiro atoms. The van der Waals surface area contributed by atoms with E-state index in [1.54, 1.807) is 0 Å². The van der Waals surface area contributed by atoms with Crippen molar-refractivity contribution in [3.8, 4) is 0 Å². The normalized spacial score (nSPS) is 16.7. The second kappa shape index (κ2) is 19.7. The molecule has 2 aliphatic rings. The summed E-state index contributed by atoms with van der Waals surface area (Å²) in [5.74, 6) is 0.172. The minimum Gasteiger partial charge on any atom is -0.390 e. The van der Waals surface area contributed by atoms with E-state index in [0.717, 1.165) is 77.6 Å². The first-order valence-corrected chi connectivity index (χ1v) is 23.3. The van der Waals surface area contributed by atoms with Crippen LogP contribution >= 0.6 is 0 Å². The van der Waals surface area contributed by atoms with Crippen molar-refractivity contribution in [3.63, 3.8) is 0 Å². The number of amides is 1. The van der Waals surface area contributed by atoms with E-state index in [4.69, 9.17) is 4.98 Å². The van der Waals surface area contributed by atoms with Crippen molar-refractivity contribution in [2.24, 2.45) is 11.8 Å². The van der Waals surface area contributed by atoms with E-state index in [9.17, 15) is 10.2 Å². The number of hydrogen-bond donors (Lipinski definition) is 4. The van der Waals surface area contributed by atoms with Crippen LogP contribution in [0.2, 0.25) is 0 Å². The SMILES string of the molecule is O=C(N[C@@H](CC1CCCCC1)[C@@H](O)[C@@H](O)C1CC1)[C@H](Cc1cn(C(c2ccccc2)(c2ccccc2)c2ccccc2)cn1)NC(c1ccccc1)(c1ccccc1)c1ccccc1. The monoisotopic (exact) mass is 848 g/mol. The van der Waals surface area contributed by atoms with Crippen molar-refractivity contribution < 1.29 is 15.0 Å². The van der Waals surface area contributed by atoms with Crippen LogP contribution in [0.25, 0.3) is 0 Å². The number of carbonyl (C=O) groups excluding carboxylic acids is 1. The Morgan fingerprint density at radius 3 is 1.44 bits per heavy atom. The Labute approximate surface area is 378 Å². The average molecular weight is 849 g/mol. The van der Waals surface area contributed by atoms with Gasteiger partial charge in [-0.25, -0.2) is 4.98 Å². The molecule has 2 saturated carbocycles. The number of aliphatic hydroxyl groups excluding tert-OH is 2. The molecule has 0 bridgehead atoms. The summed E-state index contributed by atoms with van der Waals surface area (Å²) < 4.78 is 2.19. The molecule has 0 saturated heterocycles. The number of aromatic nitrogens is 2. The molecular formula is C57H60N4O3. The highest BCUT2D eigenvalue weighted by atomic mass is 16.3. The topological polar surface area (TPSA) is 99.4 Å². The molecule has 7 nitrogen and oxygen atoms in total. The van der Waals surface area contributed by atoms with Gasteiger partial charge in [0.2, 0.25) is 5.91 Å². The van der Waals surface area contributed by atoms with E-state index in [0.29, 0.717) is 12.3 Å². The number of carbonyl (C=O) groups is 1. The van der Waals surface area contributed by atoms with E-state index in [-0.39, 0.29) is 18.2 Å². The van der Waals surface area contributed by atoms with Crippen molar-refractivity contribution >= 4 is 5.91 Å². The maximum absolute atomic E-state index is 15.6. The number of imidazole rings is 1. The molecule has 0 unspecified atom stereocenters. The van der Waals surface area contributed by atoms with Crippen LogP contribution in [0.1, 0.15) is 90.4 Å².